The first-order chi connectivity index (χ1) is 22.7. The highest BCUT2D eigenvalue weighted by Gasteiger charge is 2.23. The van der Waals surface area contributed by atoms with Crippen molar-refractivity contribution in [2.75, 3.05) is 0 Å². The molecule has 0 bridgehead atoms. The number of nitrogens with zero attached hydrogens (tertiary/aromatic N) is 3. The monoisotopic (exact) mass is 587 g/mol. The Bertz CT molecular complexity index is 3020. The molecule has 10 rings (SSSR count). The number of hydrogen-bond acceptors (Lipinski definition) is 3. The molecule has 0 amide bonds. The summed E-state index contributed by atoms with van der Waals surface area (Å²) in [5.74, 6) is 0.608. The normalized spacial score (nSPS) is 12.9. The van der Waals surface area contributed by atoms with Gasteiger partial charge in [-0.1, -0.05) is 116 Å². The Morgan fingerprint density at radius 1 is 0.587 bits per heavy atom. The van der Waals surface area contributed by atoms with Gasteiger partial charge >= 0.3 is 0 Å². The molecule has 0 aliphatic rings. The molecule has 3 aromatic heterocycles. The largest absolute Gasteiger partial charge is 0.457 e. The van der Waals surface area contributed by atoms with E-state index in [0.717, 1.165) is 49.4 Å². The smallest absolute Gasteiger partial charge is 0.235 e. The van der Waals surface area contributed by atoms with E-state index in [1.54, 1.807) is 0 Å². The molecule has 0 radical (unpaired) electrons. The highest BCUT2D eigenvalue weighted by molar-refractivity contribution is 6.37. The van der Waals surface area contributed by atoms with E-state index >= 15 is 0 Å². The topological polar surface area (TPSA) is 43.9 Å². The van der Waals surface area contributed by atoms with Crippen LogP contribution in [0, 0.1) is 0 Å². The summed E-state index contributed by atoms with van der Waals surface area (Å²) in [5, 5.41) is 12.8. The van der Waals surface area contributed by atoms with E-state index in [9.17, 15) is 0 Å². The summed E-state index contributed by atoms with van der Waals surface area (Å²) < 4.78 is 8.32. The van der Waals surface area contributed by atoms with Crippen LogP contribution in [0.4, 0.5) is 0 Å². The summed E-state index contributed by atoms with van der Waals surface area (Å²) >= 11 is 0. The maximum absolute atomic E-state index is 6.10. The Morgan fingerprint density at radius 3 is 2.07 bits per heavy atom. The molecule has 7 aromatic carbocycles. The molecule has 0 aliphatic heterocycles. The number of aromatic nitrogens is 3. The number of para-hydroxylation sites is 2. The van der Waals surface area contributed by atoms with Crippen molar-refractivity contribution in [2.45, 2.75) is 0 Å². The third-order valence-corrected chi connectivity index (χ3v) is 9.49. The SMILES string of the molecule is C=C/C(c1nc(-n2c3cccc4c5ccc6ccccc6c5c5cccc2c5c43)nc2ccccc12)=c1\c(=C)oc2ccccc12. The van der Waals surface area contributed by atoms with Gasteiger partial charge < -0.3 is 4.42 Å². The molecule has 0 saturated heterocycles. The summed E-state index contributed by atoms with van der Waals surface area (Å²) in [6.07, 6.45) is 1.86. The fourth-order valence-electron chi connectivity index (χ4n) is 7.62. The Morgan fingerprint density at radius 2 is 1.24 bits per heavy atom. The maximum atomic E-state index is 6.10. The van der Waals surface area contributed by atoms with Crippen LogP contribution in [0.3, 0.4) is 0 Å². The van der Waals surface area contributed by atoms with Gasteiger partial charge in [0, 0.05) is 32.3 Å². The van der Waals surface area contributed by atoms with Crippen molar-refractivity contribution in [2.24, 2.45) is 0 Å². The summed E-state index contributed by atoms with van der Waals surface area (Å²) in [4.78, 5) is 10.6. The standard InChI is InChI=1S/C42H25N3O/c1-3-26(37-24(2)46-36-21-9-7-15-31(36)37)41-30-14-6-8-18-33(30)43-42(44-41)45-34-19-10-16-28-29-23-22-25-12-4-5-13-27(25)38(29)32-17-11-20-35(45)40(32)39(28)34/h3-23H,1-2H2/b37-26-. The first-order valence-corrected chi connectivity index (χ1v) is 15.4. The van der Waals surface area contributed by atoms with Gasteiger partial charge in [-0.25, -0.2) is 9.97 Å². The molecule has 0 saturated carbocycles. The Hall–Kier alpha value is -6.26. The predicted molar refractivity (Wildman–Crippen MR) is 191 cm³/mol. The zero-order valence-corrected chi connectivity index (χ0v) is 24.8. The van der Waals surface area contributed by atoms with E-state index in [1.165, 1.54) is 43.1 Å². The van der Waals surface area contributed by atoms with E-state index in [-0.39, 0.29) is 0 Å². The number of rotatable bonds is 3. The van der Waals surface area contributed by atoms with Crippen LogP contribution in [-0.4, -0.2) is 14.5 Å². The van der Waals surface area contributed by atoms with Crippen LogP contribution in [0.5, 0.6) is 0 Å². The summed E-state index contributed by atoms with van der Waals surface area (Å²) in [7, 11) is 0. The quantitative estimate of drug-likeness (QED) is 0.194. The van der Waals surface area contributed by atoms with Crippen LogP contribution in [0.2, 0.25) is 0 Å². The van der Waals surface area contributed by atoms with Crippen molar-refractivity contribution in [1.29, 1.82) is 0 Å². The number of allylic oxidation sites excluding steroid dienone is 1. The molecule has 3 heterocycles. The van der Waals surface area contributed by atoms with Crippen LogP contribution < -0.4 is 10.6 Å². The first kappa shape index (κ1) is 25.1. The van der Waals surface area contributed by atoms with E-state index < -0.39 is 0 Å². The fourth-order valence-corrected chi connectivity index (χ4v) is 7.62. The number of hydrogen-bond donors (Lipinski definition) is 0. The average Bonchev–Trinajstić information content (AvgIpc) is 3.62. The minimum Gasteiger partial charge on any atom is -0.457 e. The summed E-state index contributed by atoms with van der Waals surface area (Å²) in [6, 6.07) is 42.5. The molecular formula is C42H25N3O. The average molecular weight is 588 g/mol. The van der Waals surface area contributed by atoms with Gasteiger partial charge in [-0.05, 0) is 56.6 Å². The predicted octanol–water partition coefficient (Wildman–Crippen LogP) is 9.17. The maximum Gasteiger partial charge on any atom is 0.235 e. The summed E-state index contributed by atoms with van der Waals surface area (Å²) in [5.41, 5.74) is 6.03. The van der Waals surface area contributed by atoms with E-state index in [2.05, 4.69) is 103 Å². The van der Waals surface area contributed by atoms with E-state index in [4.69, 9.17) is 14.4 Å². The minimum absolute atomic E-state index is 0.586. The van der Waals surface area contributed by atoms with Crippen molar-refractivity contribution >= 4 is 88.1 Å². The zero-order chi connectivity index (χ0) is 30.5. The lowest BCUT2D eigenvalue weighted by molar-refractivity contribution is 0.577. The molecule has 4 heteroatoms. The van der Waals surface area contributed by atoms with Gasteiger partial charge in [0.05, 0.1) is 22.2 Å². The molecule has 4 nitrogen and oxygen atoms in total. The molecule has 0 fully saturated rings. The van der Waals surface area contributed by atoms with Gasteiger partial charge in [0.15, 0.2) is 0 Å². The molecule has 0 unspecified atom stereocenters. The van der Waals surface area contributed by atoms with Gasteiger partial charge in [0.2, 0.25) is 5.95 Å². The number of fused-ring (bicyclic) bond motifs is 7. The highest BCUT2D eigenvalue weighted by atomic mass is 16.3. The molecular weight excluding hydrogens is 562 g/mol. The Kier molecular flexibility index (Phi) is 4.98. The molecule has 0 N–H and O–H groups in total. The van der Waals surface area contributed by atoms with Crippen molar-refractivity contribution in [3.63, 3.8) is 0 Å². The van der Waals surface area contributed by atoms with Crippen LogP contribution in [0.1, 0.15) is 5.69 Å². The lowest BCUT2D eigenvalue weighted by atomic mass is 9.91. The number of furan rings is 1. The lowest BCUT2D eigenvalue weighted by Gasteiger charge is -2.12. The molecule has 10 aromatic rings. The molecule has 0 atom stereocenters. The highest BCUT2D eigenvalue weighted by Crippen LogP contribution is 2.45. The second kappa shape index (κ2) is 9.13. The van der Waals surface area contributed by atoms with Crippen molar-refractivity contribution in [1.82, 2.24) is 14.5 Å². The second-order valence-corrected chi connectivity index (χ2v) is 11.8. The van der Waals surface area contributed by atoms with Crippen molar-refractivity contribution in [3.05, 3.63) is 150 Å². The summed E-state index contributed by atoms with van der Waals surface area (Å²) in [6.45, 7) is 8.52. The van der Waals surface area contributed by atoms with Gasteiger partial charge in [-0.2, -0.15) is 0 Å². The fraction of sp³-hybridized carbons (Fsp3) is 0. The number of benzene rings is 7. The van der Waals surface area contributed by atoms with Crippen LogP contribution in [0.15, 0.2) is 138 Å². The molecule has 0 spiro atoms. The van der Waals surface area contributed by atoms with Crippen LogP contribution in [-0.2, 0) is 0 Å². The van der Waals surface area contributed by atoms with E-state index in [0.29, 0.717) is 11.4 Å². The van der Waals surface area contributed by atoms with Crippen LogP contribution in [0.25, 0.3) is 94.1 Å². The second-order valence-electron chi connectivity index (χ2n) is 11.8. The van der Waals surface area contributed by atoms with E-state index in [1.807, 2.05) is 42.5 Å². The third-order valence-electron chi connectivity index (χ3n) is 9.49. The van der Waals surface area contributed by atoms with Crippen molar-refractivity contribution < 1.29 is 4.42 Å². The molecule has 214 valence electrons. The lowest BCUT2D eigenvalue weighted by Crippen LogP contribution is -2.22. The van der Waals surface area contributed by atoms with Crippen molar-refractivity contribution in [3.8, 4) is 5.95 Å². The Balaban J connectivity index is 1.39. The Labute approximate surface area is 262 Å². The zero-order valence-electron chi connectivity index (χ0n) is 24.8. The molecule has 0 aliphatic carbocycles. The minimum atomic E-state index is 0.586. The van der Waals surface area contributed by atoms with Gasteiger partial charge in [-0.15, -0.1) is 0 Å². The van der Waals surface area contributed by atoms with Gasteiger partial charge in [0.25, 0.3) is 0 Å². The first-order valence-electron chi connectivity index (χ1n) is 15.4. The van der Waals surface area contributed by atoms with Gasteiger partial charge in [-0.3, -0.25) is 4.57 Å². The third kappa shape index (κ3) is 3.22. The van der Waals surface area contributed by atoms with Gasteiger partial charge in [0.1, 0.15) is 11.0 Å². The van der Waals surface area contributed by atoms with Crippen LogP contribution >= 0.6 is 0 Å². The molecule has 46 heavy (non-hydrogen) atoms.